The van der Waals surface area contributed by atoms with E-state index in [0.717, 1.165) is 0 Å². The lowest BCUT2D eigenvalue weighted by Gasteiger charge is -2.06. The molecule has 136 valence electrons. The first-order valence-corrected chi connectivity index (χ1v) is 7.54. The van der Waals surface area contributed by atoms with Crippen LogP contribution >= 0.6 is 0 Å². The minimum absolute atomic E-state index is 0.00261. The molecule has 0 radical (unpaired) electrons. The van der Waals surface area contributed by atoms with Crippen LogP contribution in [0.15, 0.2) is 24.3 Å². The number of fused-ring (bicyclic) bond motifs is 1. The van der Waals surface area contributed by atoms with Crippen molar-refractivity contribution >= 4 is 29.5 Å². The Hall–Kier alpha value is -3.42. The fourth-order valence-corrected chi connectivity index (χ4v) is 2.67. The van der Waals surface area contributed by atoms with E-state index in [1.807, 2.05) is 0 Å². The van der Waals surface area contributed by atoms with Gasteiger partial charge >= 0.3 is 17.9 Å². The molecule has 0 spiro atoms. The smallest absolute Gasteiger partial charge is 0.340 e. The van der Waals surface area contributed by atoms with E-state index in [2.05, 4.69) is 5.32 Å². The minimum Gasteiger partial charge on any atom is -0.481 e. The second-order valence-corrected chi connectivity index (χ2v) is 5.43. The Morgan fingerprint density at radius 3 is 1.73 bits per heavy atom. The molecule has 1 amide bonds. The first kappa shape index (κ1) is 18.9. The van der Waals surface area contributed by atoms with Crippen molar-refractivity contribution in [3.05, 3.63) is 41.0 Å². The number of carboxylic acids is 1. The van der Waals surface area contributed by atoms with Crippen molar-refractivity contribution in [1.29, 1.82) is 0 Å². The number of carbonyl (C=O) groups is 4. The largest absolute Gasteiger partial charge is 0.481 e. The van der Waals surface area contributed by atoms with Crippen LogP contribution in [0.1, 0.15) is 33.2 Å². The zero-order chi connectivity index (χ0) is 19.4. The molecular formula is C18H17NO7. The van der Waals surface area contributed by atoms with E-state index in [-0.39, 0.29) is 23.2 Å². The van der Waals surface area contributed by atoms with Crippen molar-refractivity contribution in [3.8, 4) is 11.1 Å². The van der Waals surface area contributed by atoms with Gasteiger partial charge in [0.25, 0.3) is 0 Å². The lowest BCUT2D eigenvalue weighted by Crippen LogP contribution is -2.13. The highest BCUT2D eigenvalue weighted by molar-refractivity contribution is 6.18. The van der Waals surface area contributed by atoms with E-state index >= 15 is 0 Å². The van der Waals surface area contributed by atoms with E-state index in [4.69, 9.17) is 14.6 Å². The summed E-state index contributed by atoms with van der Waals surface area (Å²) in [5.41, 5.74) is 1.13. The lowest BCUT2D eigenvalue weighted by molar-refractivity contribution is -0.136. The van der Waals surface area contributed by atoms with Crippen molar-refractivity contribution in [2.24, 2.45) is 0 Å². The number of ether oxygens (including phenoxy) is 2. The Balaban J connectivity index is 2.85. The Labute approximate surface area is 149 Å². The predicted octanol–water partition coefficient (Wildman–Crippen LogP) is 1.95. The zero-order valence-corrected chi connectivity index (χ0v) is 14.4. The molecule has 2 aliphatic rings. The standard InChI is InChI=1S/C18H17NO7/c1-9(20)19-16-14(17(23)25-2)11-6-4-10(8-13(21)22)5-7-12(11)15(16)18(24)26-3/h4-7H,8H2,1-3H3,(H,19,20)(H,21,22). The molecule has 0 aliphatic heterocycles. The third-order valence-electron chi connectivity index (χ3n) is 3.69. The summed E-state index contributed by atoms with van der Waals surface area (Å²) in [6.07, 6.45) is -0.225. The van der Waals surface area contributed by atoms with Gasteiger partial charge in [-0.15, -0.1) is 0 Å². The van der Waals surface area contributed by atoms with Crippen LogP contribution in [0, 0.1) is 0 Å². The number of amides is 1. The molecule has 0 fully saturated rings. The van der Waals surface area contributed by atoms with Crippen molar-refractivity contribution in [3.63, 3.8) is 0 Å². The van der Waals surface area contributed by atoms with Gasteiger partial charge in [-0.3, -0.25) is 9.59 Å². The van der Waals surface area contributed by atoms with Crippen molar-refractivity contribution in [2.45, 2.75) is 13.3 Å². The molecule has 0 aromatic carbocycles. The molecule has 0 aromatic rings. The maximum atomic E-state index is 12.3. The Kier molecular flexibility index (Phi) is 5.56. The molecule has 0 aromatic heterocycles. The lowest BCUT2D eigenvalue weighted by atomic mass is 10.1. The molecule has 8 heteroatoms. The van der Waals surface area contributed by atoms with Crippen LogP contribution in [0.5, 0.6) is 0 Å². The summed E-state index contributed by atoms with van der Waals surface area (Å²) in [5.74, 6) is -3.00. The van der Waals surface area contributed by atoms with Crippen LogP contribution in [0.4, 0.5) is 5.69 Å². The van der Waals surface area contributed by atoms with Crippen LogP contribution < -0.4 is 5.32 Å². The summed E-state index contributed by atoms with van der Waals surface area (Å²) >= 11 is 0. The maximum absolute atomic E-state index is 12.3. The van der Waals surface area contributed by atoms with E-state index in [1.165, 1.54) is 45.4 Å². The van der Waals surface area contributed by atoms with Gasteiger partial charge in [-0.05, 0) is 16.7 Å². The number of esters is 2. The highest BCUT2D eigenvalue weighted by Gasteiger charge is 2.32. The third kappa shape index (κ3) is 3.64. The number of methoxy groups -OCH3 is 2. The van der Waals surface area contributed by atoms with Gasteiger partial charge in [0.2, 0.25) is 5.91 Å². The minimum atomic E-state index is -1.02. The summed E-state index contributed by atoms with van der Waals surface area (Å²) in [7, 11) is 2.35. The van der Waals surface area contributed by atoms with Crippen LogP contribution in [0.25, 0.3) is 11.1 Å². The van der Waals surface area contributed by atoms with Gasteiger partial charge in [-0.1, -0.05) is 24.3 Å². The van der Waals surface area contributed by atoms with Crippen LogP contribution in [0.2, 0.25) is 0 Å². The molecular weight excluding hydrogens is 342 g/mol. The SMILES string of the molecule is COC(=O)c1c2ccc(CC(=O)O)ccc-2c(C(=O)OC)c1NC(C)=O. The quantitative estimate of drug-likeness (QED) is 0.783. The van der Waals surface area contributed by atoms with E-state index < -0.39 is 23.8 Å². The summed E-state index contributed by atoms with van der Waals surface area (Å²) < 4.78 is 9.56. The molecule has 0 bridgehead atoms. The number of hydrogen-bond acceptors (Lipinski definition) is 6. The molecule has 0 atom stereocenters. The monoisotopic (exact) mass is 359 g/mol. The highest BCUT2D eigenvalue weighted by atomic mass is 16.5. The van der Waals surface area contributed by atoms with Crippen molar-refractivity contribution in [1.82, 2.24) is 0 Å². The number of hydrogen-bond donors (Lipinski definition) is 2. The molecule has 8 nitrogen and oxygen atoms in total. The van der Waals surface area contributed by atoms with E-state index in [1.54, 1.807) is 0 Å². The summed E-state index contributed by atoms with van der Waals surface area (Å²) in [5, 5.41) is 11.4. The van der Waals surface area contributed by atoms with Crippen LogP contribution in [-0.4, -0.2) is 43.1 Å². The van der Waals surface area contributed by atoms with Gasteiger partial charge in [0.05, 0.1) is 37.5 Å². The second kappa shape index (κ2) is 7.64. The first-order chi connectivity index (χ1) is 12.3. The molecule has 0 saturated heterocycles. The Morgan fingerprint density at radius 2 is 1.38 bits per heavy atom. The average molecular weight is 359 g/mol. The molecule has 0 unspecified atom stereocenters. The summed E-state index contributed by atoms with van der Waals surface area (Å²) in [4.78, 5) is 47.1. The summed E-state index contributed by atoms with van der Waals surface area (Å²) in [6.45, 7) is 1.24. The van der Waals surface area contributed by atoms with Gasteiger partial charge < -0.3 is 19.9 Å². The van der Waals surface area contributed by atoms with Gasteiger partial charge in [-0.25, -0.2) is 9.59 Å². The van der Waals surface area contributed by atoms with E-state index in [9.17, 15) is 19.2 Å². The fourth-order valence-electron chi connectivity index (χ4n) is 2.67. The molecule has 0 saturated carbocycles. The van der Waals surface area contributed by atoms with Crippen molar-refractivity contribution < 1.29 is 33.8 Å². The fraction of sp³-hybridized carbons (Fsp3) is 0.222. The number of carboxylic acid groups (broad SMARTS) is 1. The van der Waals surface area contributed by atoms with Gasteiger partial charge in [-0.2, -0.15) is 0 Å². The Bertz CT molecular complexity index is 818. The molecule has 2 aliphatic carbocycles. The van der Waals surface area contributed by atoms with Crippen LogP contribution in [0.3, 0.4) is 0 Å². The summed E-state index contributed by atoms with van der Waals surface area (Å²) in [6, 6.07) is 6.08. The highest BCUT2D eigenvalue weighted by Crippen LogP contribution is 2.41. The normalized spacial score (nSPS) is 10.3. The number of carbonyl (C=O) groups excluding carboxylic acids is 3. The predicted molar refractivity (Wildman–Crippen MR) is 91.4 cm³/mol. The number of aliphatic carboxylic acids is 1. The van der Waals surface area contributed by atoms with Gasteiger partial charge in [0.15, 0.2) is 0 Å². The van der Waals surface area contributed by atoms with Gasteiger partial charge in [0, 0.05) is 6.92 Å². The topological polar surface area (TPSA) is 119 Å². The first-order valence-electron chi connectivity index (χ1n) is 7.54. The number of nitrogens with one attached hydrogen (secondary N) is 1. The zero-order valence-electron chi connectivity index (χ0n) is 14.4. The molecule has 0 heterocycles. The van der Waals surface area contributed by atoms with Gasteiger partial charge in [0.1, 0.15) is 0 Å². The molecule has 2 N–H and O–H groups in total. The number of rotatable bonds is 5. The Morgan fingerprint density at radius 1 is 0.923 bits per heavy atom. The van der Waals surface area contributed by atoms with Crippen molar-refractivity contribution in [2.75, 3.05) is 19.5 Å². The average Bonchev–Trinajstić information content (AvgIpc) is 2.73. The van der Waals surface area contributed by atoms with E-state index in [0.29, 0.717) is 16.7 Å². The van der Waals surface area contributed by atoms with Crippen LogP contribution in [-0.2, 0) is 25.5 Å². The maximum Gasteiger partial charge on any atom is 0.340 e. The number of anilines is 1. The third-order valence-corrected chi connectivity index (χ3v) is 3.69. The molecule has 2 rings (SSSR count). The molecule has 26 heavy (non-hydrogen) atoms. The second-order valence-electron chi connectivity index (χ2n) is 5.43.